The molecule has 2 rings (SSSR count). The van der Waals surface area contributed by atoms with Crippen LogP contribution in [0.3, 0.4) is 0 Å². The Balaban J connectivity index is 2.31. The molecule has 0 unspecified atom stereocenters. The van der Waals surface area contributed by atoms with Gasteiger partial charge in [-0.1, -0.05) is 0 Å². The van der Waals surface area contributed by atoms with Crippen LogP contribution in [0.4, 0.5) is 11.5 Å². The standard InChI is InChI=1S/C12H14N4/c1-2-14-11-5-3-7-15-12(11)16-9-4-6-13-8-10-16/h3-10,14H,2H2,1H3. The molecule has 1 aliphatic rings. The van der Waals surface area contributed by atoms with E-state index >= 15 is 0 Å². The van der Waals surface area contributed by atoms with Crippen molar-refractivity contribution < 1.29 is 0 Å². The van der Waals surface area contributed by atoms with Crippen LogP contribution in [0, 0.1) is 0 Å². The molecule has 0 amide bonds. The van der Waals surface area contributed by atoms with Crippen molar-refractivity contribution in [2.45, 2.75) is 6.92 Å². The first-order valence-corrected chi connectivity index (χ1v) is 5.25. The third-order valence-electron chi connectivity index (χ3n) is 2.13. The summed E-state index contributed by atoms with van der Waals surface area (Å²) in [4.78, 5) is 10.3. The van der Waals surface area contributed by atoms with Crippen LogP contribution in [0.2, 0.25) is 0 Å². The molecule has 1 N–H and O–H groups in total. The maximum Gasteiger partial charge on any atom is 0.160 e. The summed E-state index contributed by atoms with van der Waals surface area (Å²) < 4.78 is 0. The zero-order valence-electron chi connectivity index (χ0n) is 9.17. The fraction of sp³-hybridized carbons (Fsp3) is 0.167. The predicted molar refractivity (Wildman–Crippen MR) is 67.7 cm³/mol. The lowest BCUT2D eigenvalue weighted by molar-refractivity contribution is 1.14. The highest BCUT2D eigenvalue weighted by Crippen LogP contribution is 2.23. The van der Waals surface area contributed by atoms with Crippen molar-refractivity contribution >= 4 is 17.7 Å². The van der Waals surface area contributed by atoms with Gasteiger partial charge in [0.2, 0.25) is 0 Å². The average Bonchev–Trinajstić information content (AvgIpc) is 2.59. The summed E-state index contributed by atoms with van der Waals surface area (Å²) in [6, 6.07) is 3.93. The van der Waals surface area contributed by atoms with Gasteiger partial charge in [-0.3, -0.25) is 4.99 Å². The van der Waals surface area contributed by atoms with Gasteiger partial charge in [-0.15, -0.1) is 0 Å². The molecule has 0 bridgehead atoms. The smallest absolute Gasteiger partial charge is 0.160 e. The van der Waals surface area contributed by atoms with Crippen molar-refractivity contribution in [3.05, 3.63) is 43.0 Å². The lowest BCUT2D eigenvalue weighted by Crippen LogP contribution is -2.11. The van der Waals surface area contributed by atoms with Crippen LogP contribution >= 0.6 is 0 Å². The number of rotatable bonds is 3. The minimum Gasteiger partial charge on any atom is -0.382 e. The van der Waals surface area contributed by atoms with E-state index in [9.17, 15) is 0 Å². The van der Waals surface area contributed by atoms with E-state index in [2.05, 4.69) is 22.2 Å². The number of allylic oxidation sites excluding steroid dienone is 1. The number of aromatic nitrogens is 1. The first kappa shape index (κ1) is 10.4. The summed E-state index contributed by atoms with van der Waals surface area (Å²) in [5.74, 6) is 0.877. The lowest BCUT2D eigenvalue weighted by Gasteiger charge is -2.17. The van der Waals surface area contributed by atoms with E-state index in [1.807, 2.05) is 35.5 Å². The van der Waals surface area contributed by atoms with Crippen molar-refractivity contribution in [1.29, 1.82) is 0 Å². The van der Waals surface area contributed by atoms with Gasteiger partial charge in [-0.25, -0.2) is 4.98 Å². The highest BCUT2D eigenvalue weighted by atomic mass is 15.2. The Bertz CT molecular complexity index is 418. The molecular formula is C12H14N4. The number of nitrogens with one attached hydrogen (secondary N) is 1. The van der Waals surface area contributed by atoms with Gasteiger partial charge in [-0.05, 0) is 25.1 Å². The normalized spacial score (nSPS) is 13.9. The lowest BCUT2D eigenvalue weighted by atomic mass is 10.3. The fourth-order valence-electron chi connectivity index (χ4n) is 1.46. The summed E-state index contributed by atoms with van der Waals surface area (Å²) in [6.45, 7) is 2.93. The van der Waals surface area contributed by atoms with Gasteiger partial charge in [0, 0.05) is 37.6 Å². The minimum absolute atomic E-state index is 0.871. The topological polar surface area (TPSA) is 40.5 Å². The second-order valence-electron chi connectivity index (χ2n) is 3.25. The molecule has 0 atom stereocenters. The van der Waals surface area contributed by atoms with E-state index in [1.54, 1.807) is 18.6 Å². The van der Waals surface area contributed by atoms with Gasteiger partial charge in [0.05, 0.1) is 5.69 Å². The first-order chi connectivity index (χ1) is 7.92. The summed E-state index contributed by atoms with van der Waals surface area (Å²) in [7, 11) is 0. The van der Waals surface area contributed by atoms with Crippen molar-refractivity contribution in [2.24, 2.45) is 4.99 Å². The van der Waals surface area contributed by atoms with Gasteiger partial charge in [0.15, 0.2) is 5.82 Å². The fourth-order valence-corrected chi connectivity index (χ4v) is 1.46. The second kappa shape index (κ2) is 5.11. The van der Waals surface area contributed by atoms with Crippen LogP contribution in [0.1, 0.15) is 6.92 Å². The summed E-state index contributed by atoms with van der Waals surface area (Å²) >= 11 is 0. The van der Waals surface area contributed by atoms with Crippen molar-refractivity contribution in [2.75, 3.05) is 16.8 Å². The summed E-state index contributed by atoms with van der Waals surface area (Å²) in [5, 5.41) is 3.28. The van der Waals surface area contributed by atoms with Gasteiger partial charge in [-0.2, -0.15) is 0 Å². The summed E-state index contributed by atoms with van der Waals surface area (Å²) in [6.07, 6.45) is 10.9. The number of hydrogen-bond acceptors (Lipinski definition) is 4. The number of anilines is 2. The third-order valence-corrected chi connectivity index (χ3v) is 2.13. The van der Waals surface area contributed by atoms with Gasteiger partial charge < -0.3 is 10.2 Å². The van der Waals surface area contributed by atoms with Crippen molar-refractivity contribution in [3.8, 4) is 0 Å². The van der Waals surface area contributed by atoms with Gasteiger partial charge >= 0.3 is 0 Å². The molecule has 0 saturated heterocycles. The SMILES string of the molecule is CCNc1cccnc1N1C=CC=NC=C1. The number of aliphatic imine (C=N–C) groups is 1. The molecule has 0 aliphatic carbocycles. The molecule has 0 saturated carbocycles. The van der Waals surface area contributed by atoms with Crippen LogP contribution < -0.4 is 10.2 Å². The van der Waals surface area contributed by atoms with E-state index in [0.717, 1.165) is 18.1 Å². The van der Waals surface area contributed by atoms with Crippen LogP contribution in [0.25, 0.3) is 0 Å². The van der Waals surface area contributed by atoms with Gasteiger partial charge in [0.1, 0.15) is 0 Å². The molecule has 1 aliphatic heterocycles. The number of nitrogens with zero attached hydrogens (tertiary/aromatic N) is 3. The Morgan fingerprint density at radius 1 is 1.38 bits per heavy atom. The highest BCUT2D eigenvalue weighted by Gasteiger charge is 2.07. The molecule has 1 aromatic rings. The molecule has 0 radical (unpaired) electrons. The molecule has 4 nitrogen and oxygen atoms in total. The molecule has 2 heterocycles. The zero-order valence-corrected chi connectivity index (χ0v) is 9.17. The van der Waals surface area contributed by atoms with Crippen LogP contribution in [0.5, 0.6) is 0 Å². The molecule has 16 heavy (non-hydrogen) atoms. The Labute approximate surface area is 95.0 Å². The maximum atomic E-state index is 4.37. The molecule has 0 fully saturated rings. The quantitative estimate of drug-likeness (QED) is 0.839. The van der Waals surface area contributed by atoms with Gasteiger partial charge in [0.25, 0.3) is 0 Å². The second-order valence-corrected chi connectivity index (χ2v) is 3.25. The Hall–Kier alpha value is -2.10. The summed E-state index contributed by atoms with van der Waals surface area (Å²) in [5.41, 5.74) is 1.02. The van der Waals surface area contributed by atoms with E-state index in [-0.39, 0.29) is 0 Å². The molecule has 4 heteroatoms. The number of pyridine rings is 1. The highest BCUT2D eigenvalue weighted by molar-refractivity contribution is 5.75. The van der Waals surface area contributed by atoms with Crippen LogP contribution in [0.15, 0.2) is 48.0 Å². The monoisotopic (exact) mass is 214 g/mol. The van der Waals surface area contributed by atoms with Crippen molar-refractivity contribution in [1.82, 2.24) is 4.98 Å². The predicted octanol–water partition coefficient (Wildman–Crippen LogP) is 2.39. The van der Waals surface area contributed by atoms with E-state index < -0.39 is 0 Å². The Kier molecular flexibility index (Phi) is 3.33. The van der Waals surface area contributed by atoms with E-state index in [4.69, 9.17) is 0 Å². The largest absolute Gasteiger partial charge is 0.382 e. The van der Waals surface area contributed by atoms with Crippen molar-refractivity contribution in [3.63, 3.8) is 0 Å². The molecule has 0 aromatic carbocycles. The van der Waals surface area contributed by atoms with Crippen LogP contribution in [-0.2, 0) is 0 Å². The molecule has 82 valence electrons. The maximum absolute atomic E-state index is 4.37. The average molecular weight is 214 g/mol. The molecule has 0 spiro atoms. The van der Waals surface area contributed by atoms with E-state index in [0.29, 0.717) is 0 Å². The minimum atomic E-state index is 0.871. The molecule has 1 aromatic heterocycles. The third kappa shape index (κ3) is 2.28. The Morgan fingerprint density at radius 3 is 3.19 bits per heavy atom. The number of hydrogen-bond donors (Lipinski definition) is 1. The first-order valence-electron chi connectivity index (χ1n) is 5.25. The van der Waals surface area contributed by atoms with Crippen LogP contribution in [-0.4, -0.2) is 17.7 Å². The molecular weight excluding hydrogens is 200 g/mol. The zero-order chi connectivity index (χ0) is 11.2. The Morgan fingerprint density at radius 2 is 2.31 bits per heavy atom. The van der Waals surface area contributed by atoms with E-state index in [1.165, 1.54) is 0 Å².